The van der Waals surface area contributed by atoms with Crippen molar-refractivity contribution in [2.75, 3.05) is 13.2 Å². The Morgan fingerprint density at radius 2 is 1.91 bits per heavy atom. The van der Waals surface area contributed by atoms with Gasteiger partial charge in [-0.3, -0.25) is 0 Å². The highest BCUT2D eigenvalue weighted by Gasteiger charge is 2.12. The summed E-state index contributed by atoms with van der Waals surface area (Å²) in [5, 5.41) is 0. The lowest BCUT2D eigenvalue weighted by molar-refractivity contribution is -0.137. The molecule has 1 aromatic carbocycles. The number of carbonyl (C=O) groups excluding carboxylic acids is 1. The number of ether oxygens (including phenoxy) is 1. The third-order valence-electron chi connectivity index (χ3n) is 3.02. The number of hydrogen-bond acceptors (Lipinski definition) is 4. The van der Waals surface area contributed by atoms with Gasteiger partial charge in [-0.25, -0.2) is 17.9 Å². The number of rotatable bonds is 8. The lowest BCUT2D eigenvalue weighted by atomic mass is 10.1. The molecule has 0 atom stereocenters. The molecule has 22 heavy (non-hydrogen) atoms. The van der Waals surface area contributed by atoms with Gasteiger partial charge in [0.25, 0.3) is 0 Å². The second-order valence-corrected chi connectivity index (χ2v) is 6.82. The third-order valence-corrected chi connectivity index (χ3v) is 4.50. The van der Waals surface area contributed by atoms with Crippen LogP contribution in [0.4, 0.5) is 0 Å². The molecule has 0 unspecified atom stereocenters. The van der Waals surface area contributed by atoms with Crippen LogP contribution in [0.1, 0.15) is 32.3 Å². The fourth-order valence-corrected chi connectivity index (χ4v) is 2.91. The van der Waals surface area contributed by atoms with Crippen molar-refractivity contribution in [2.24, 2.45) is 0 Å². The zero-order chi connectivity index (χ0) is 16.6. The van der Waals surface area contributed by atoms with E-state index in [0.29, 0.717) is 26.0 Å². The Kier molecular flexibility index (Phi) is 7.27. The molecule has 122 valence electrons. The molecule has 1 aromatic rings. The molecule has 0 amide bonds. The summed E-state index contributed by atoms with van der Waals surface area (Å²) in [4.78, 5) is 11.5. The molecule has 0 bridgehead atoms. The summed E-state index contributed by atoms with van der Waals surface area (Å²) >= 11 is 0. The molecule has 0 saturated carbocycles. The summed E-state index contributed by atoms with van der Waals surface area (Å²) in [5.41, 5.74) is 1.88. The molecule has 6 heteroatoms. The van der Waals surface area contributed by atoms with E-state index < -0.39 is 10.0 Å². The largest absolute Gasteiger partial charge is 0.463 e. The molecule has 0 aliphatic carbocycles. The van der Waals surface area contributed by atoms with Crippen LogP contribution in [0.2, 0.25) is 0 Å². The van der Waals surface area contributed by atoms with Gasteiger partial charge in [0, 0.05) is 12.6 Å². The molecule has 0 aliphatic heterocycles. The van der Waals surface area contributed by atoms with Gasteiger partial charge in [0.05, 0.1) is 11.5 Å². The Morgan fingerprint density at radius 3 is 2.50 bits per heavy atom. The van der Waals surface area contributed by atoms with E-state index in [1.54, 1.807) is 31.2 Å². The van der Waals surface area contributed by atoms with Crippen LogP contribution in [0.15, 0.2) is 40.8 Å². The van der Waals surface area contributed by atoms with E-state index in [4.69, 9.17) is 4.74 Å². The zero-order valence-corrected chi connectivity index (χ0v) is 14.1. The highest BCUT2D eigenvalue weighted by atomic mass is 32.2. The average Bonchev–Trinajstić information content (AvgIpc) is 2.44. The molecule has 1 rings (SSSR count). The van der Waals surface area contributed by atoms with E-state index in [1.165, 1.54) is 6.08 Å². The fraction of sp³-hybridized carbons (Fsp3) is 0.438. The molecule has 5 nitrogen and oxygen atoms in total. The van der Waals surface area contributed by atoms with E-state index in [1.807, 2.05) is 13.8 Å². The number of aryl methyl sites for hydroxylation is 1. The molecule has 0 fully saturated rings. The maximum Gasteiger partial charge on any atom is 0.330 e. The van der Waals surface area contributed by atoms with Gasteiger partial charge in [0.2, 0.25) is 10.0 Å². The minimum atomic E-state index is -3.47. The Morgan fingerprint density at radius 1 is 1.27 bits per heavy atom. The highest BCUT2D eigenvalue weighted by Crippen LogP contribution is 2.10. The first-order chi connectivity index (χ1) is 10.3. The van der Waals surface area contributed by atoms with Crippen molar-refractivity contribution in [3.05, 3.63) is 41.5 Å². The van der Waals surface area contributed by atoms with Crippen molar-refractivity contribution < 1.29 is 17.9 Å². The molecule has 0 heterocycles. The first-order valence-corrected chi connectivity index (χ1v) is 8.73. The summed E-state index contributed by atoms with van der Waals surface area (Å²) in [6, 6.07) is 6.70. The SMILES string of the molecule is CCOC(=O)/C=C(\C)CCCNS(=O)(=O)c1ccc(C)cc1. The molecular weight excluding hydrogens is 302 g/mol. The summed E-state index contributed by atoms with van der Waals surface area (Å²) in [6.07, 6.45) is 2.69. The second-order valence-electron chi connectivity index (χ2n) is 5.06. The fourth-order valence-electron chi connectivity index (χ4n) is 1.83. The van der Waals surface area contributed by atoms with Crippen LogP contribution >= 0.6 is 0 Å². The van der Waals surface area contributed by atoms with Crippen LogP contribution < -0.4 is 4.72 Å². The van der Waals surface area contributed by atoms with Crippen molar-refractivity contribution >= 4 is 16.0 Å². The minimum Gasteiger partial charge on any atom is -0.463 e. The summed E-state index contributed by atoms with van der Waals surface area (Å²) in [7, 11) is -3.47. The number of sulfonamides is 1. The van der Waals surface area contributed by atoms with Gasteiger partial charge in [-0.05, 0) is 45.7 Å². The topological polar surface area (TPSA) is 72.5 Å². The first-order valence-electron chi connectivity index (χ1n) is 7.25. The van der Waals surface area contributed by atoms with Gasteiger partial charge < -0.3 is 4.74 Å². The van der Waals surface area contributed by atoms with E-state index >= 15 is 0 Å². The number of esters is 1. The molecule has 0 aromatic heterocycles. The summed E-state index contributed by atoms with van der Waals surface area (Å²) in [5.74, 6) is -0.361. The lowest BCUT2D eigenvalue weighted by Gasteiger charge is -2.07. The maximum atomic E-state index is 12.1. The minimum absolute atomic E-state index is 0.261. The highest BCUT2D eigenvalue weighted by molar-refractivity contribution is 7.89. The van der Waals surface area contributed by atoms with E-state index in [0.717, 1.165) is 11.1 Å². The quantitative estimate of drug-likeness (QED) is 0.453. The molecule has 0 saturated heterocycles. The van der Waals surface area contributed by atoms with Crippen LogP contribution in [0.25, 0.3) is 0 Å². The van der Waals surface area contributed by atoms with Crippen LogP contribution in [0.3, 0.4) is 0 Å². The summed E-state index contributed by atoms with van der Waals surface area (Å²) in [6.45, 7) is 6.15. The van der Waals surface area contributed by atoms with Crippen molar-refractivity contribution in [3.63, 3.8) is 0 Å². The predicted octanol–water partition coefficient (Wildman–Crippen LogP) is 2.56. The normalized spacial score (nSPS) is 12.2. The number of benzene rings is 1. The number of carbonyl (C=O) groups is 1. The van der Waals surface area contributed by atoms with Crippen LogP contribution in [0.5, 0.6) is 0 Å². The lowest BCUT2D eigenvalue weighted by Crippen LogP contribution is -2.24. The van der Waals surface area contributed by atoms with Crippen molar-refractivity contribution in [3.8, 4) is 0 Å². The molecular formula is C16H23NO4S. The smallest absolute Gasteiger partial charge is 0.330 e. The van der Waals surface area contributed by atoms with Gasteiger partial charge in [0.1, 0.15) is 0 Å². The van der Waals surface area contributed by atoms with Crippen LogP contribution in [-0.2, 0) is 19.6 Å². The van der Waals surface area contributed by atoms with Gasteiger partial charge in [-0.2, -0.15) is 0 Å². The van der Waals surface area contributed by atoms with Crippen molar-refractivity contribution in [1.29, 1.82) is 0 Å². The number of hydrogen-bond donors (Lipinski definition) is 1. The summed E-state index contributed by atoms with van der Waals surface area (Å²) < 4.78 is 31.5. The third kappa shape index (κ3) is 6.41. The predicted molar refractivity (Wildman–Crippen MR) is 86.0 cm³/mol. The van der Waals surface area contributed by atoms with Gasteiger partial charge in [0.15, 0.2) is 0 Å². The molecule has 0 spiro atoms. The van der Waals surface area contributed by atoms with Gasteiger partial charge in [-0.1, -0.05) is 23.3 Å². The van der Waals surface area contributed by atoms with E-state index in [-0.39, 0.29) is 10.9 Å². The number of allylic oxidation sites excluding steroid dienone is 1. The van der Waals surface area contributed by atoms with Crippen molar-refractivity contribution in [2.45, 2.75) is 38.5 Å². The monoisotopic (exact) mass is 325 g/mol. The first kappa shape index (κ1) is 18.4. The van der Waals surface area contributed by atoms with Crippen LogP contribution in [0, 0.1) is 6.92 Å². The maximum absolute atomic E-state index is 12.1. The Balaban J connectivity index is 2.43. The van der Waals surface area contributed by atoms with Gasteiger partial charge in [-0.15, -0.1) is 0 Å². The zero-order valence-electron chi connectivity index (χ0n) is 13.3. The molecule has 0 radical (unpaired) electrons. The second kappa shape index (κ2) is 8.70. The average molecular weight is 325 g/mol. The van der Waals surface area contributed by atoms with Gasteiger partial charge >= 0.3 is 5.97 Å². The Hall–Kier alpha value is -1.66. The standard InChI is InChI=1S/C16H23NO4S/c1-4-21-16(18)12-14(3)6-5-11-17-22(19,20)15-9-7-13(2)8-10-15/h7-10,12,17H,4-6,11H2,1-3H3/b14-12+. The molecule has 0 aliphatic rings. The van der Waals surface area contributed by atoms with Crippen LogP contribution in [-0.4, -0.2) is 27.5 Å². The molecule has 1 N–H and O–H groups in total. The number of nitrogens with one attached hydrogen (secondary N) is 1. The Labute approximate surface area is 132 Å². The van der Waals surface area contributed by atoms with E-state index in [9.17, 15) is 13.2 Å². The van der Waals surface area contributed by atoms with Crippen molar-refractivity contribution in [1.82, 2.24) is 4.72 Å². The van der Waals surface area contributed by atoms with E-state index in [2.05, 4.69) is 4.72 Å². The Bertz CT molecular complexity index is 618.